The Labute approximate surface area is 85.2 Å². The molecule has 0 spiro atoms. The van der Waals surface area contributed by atoms with Gasteiger partial charge in [-0.3, -0.25) is 0 Å². The lowest BCUT2D eigenvalue weighted by Gasteiger charge is -1.96. The smallest absolute Gasteiger partial charge is 0.155 e. The van der Waals surface area contributed by atoms with Gasteiger partial charge in [0.25, 0.3) is 0 Å². The highest BCUT2D eigenvalue weighted by Crippen LogP contribution is 2.20. The molecule has 0 aliphatic carbocycles. The van der Waals surface area contributed by atoms with Crippen LogP contribution in [0.15, 0.2) is 23.5 Å². The van der Waals surface area contributed by atoms with Gasteiger partial charge in [-0.2, -0.15) is 0 Å². The Balaban J connectivity index is 0.000000461. The molecule has 0 bridgehead atoms. The molecule has 0 N–H and O–H groups in total. The van der Waals surface area contributed by atoms with Gasteiger partial charge in [-0.15, -0.1) is 0 Å². The molecule has 76 valence electrons. The summed E-state index contributed by atoms with van der Waals surface area (Å²) in [5.41, 5.74) is 2.10. The molecule has 3 nitrogen and oxygen atoms in total. The van der Waals surface area contributed by atoms with E-state index in [-0.39, 0.29) is 0 Å². The van der Waals surface area contributed by atoms with Crippen LogP contribution < -0.4 is 0 Å². The predicted molar refractivity (Wildman–Crippen MR) is 60.2 cm³/mol. The summed E-state index contributed by atoms with van der Waals surface area (Å²) in [6.45, 7) is 6.00. The van der Waals surface area contributed by atoms with E-state index in [1.54, 1.807) is 6.33 Å². The molecule has 0 amide bonds. The monoisotopic (exact) mass is 191 g/mol. The maximum absolute atomic E-state index is 4.43. The molecular formula is C11H17N3. The van der Waals surface area contributed by atoms with Crippen molar-refractivity contribution in [2.45, 2.75) is 27.2 Å². The first-order valence-corrected chi connectivity index (χ1v) is 4.99. The largest absolute Gasteiger partial charge is 0.319 e. The van der Waals surface area contributed by atoms with Crippen LogP contribution in [0.5, 0.6) is 0 Å². The van der Waals surface area contributed by atoms with Crippen molar-refractivity contribution in [3.8, 4) is 0 Å². The standard InChI is InChI=1S/C9H11N3.C2H6/c1-7-4-3-5-8-9(11-7)12(2)6-10-8;1-2/h3-4,6H,5H2,1-2H3;1-2H3. The Morgan fingerprint density at radius 3 is 2.79 bits per heavy atom. The van der Waals surface area contributed by atoms with Gasteiger partial charge < -0.3 is 4.57 Å². The van der Waals surface area contributed by atoms with Crippen molar-refractivity contribution < 1.29 is 0 Å². The third kappa shape index (κ3) is 2.10. The molecule has 1 aromatic heterocycles. The Morgan fingerprint density at radius 2 is 2.07 bits per heavy atom. The lowest BCUT2D eigenvalue weighted by Crippen LogP contribution is -1.87. The molecule has 0 saturated heterocycles. The van der Waals surface area contributed by atoms with Gasteiger partial charge in [-0.1, -0.05) is 19.9 Å². The highest BCUT2D eigenvalue weighted by Gasteiger charge is 2.08. The van der Waals surface area contributed by atoms with Gasteiger partial charge in [0.2, 0.25) is 0 Å². The second-order valence-corrected chi connectivity index (χ2v) is 2.99. The molecule has 0 fully saturated rings. The summed E-state index contributed by atoms with van der Waals surface area (Å²) < 4.78 is 1.95. The number of hydrogen-bond acceptors (Lipinski definition) is 2. The average molecular weight is 191 g/mol. The Kier molecular flexibility index (Phi) is 3.63. The normalized spacial score (nSPS) is 13.6. The number of nitrogens with zero attached hydrogens (tertiary/aromatic N) is 3. The Bertz CT molecular complexity index is 359. The Morgan fingerprint density at radius 1 is 1.36 bits per heavy atom. The van der Waals surface area contributed by atoms with E-state index in [2.05, 4.69) is 16.1 Å². The molecule has 2 heterocycles. The van der Waals surface area contributed by atoms with Crippen LogP contribution in [0, 0.1) is 0 Å². The third-order valence-corrected chi connectivity index (χ3v) is 1.93. The maximum Gasteiger partial charge on any atom is 0.155 e. The predicted octanol–water partition coefficient (Wildman–Crippen LogP) is 2.65. The lowest BCUT2D eigenvalue weighted by atomic mass is 10.3. The molecule has 1 aliphatic rings. The number of hydrogen-bond donors (Lipinski definition) is 0. The fraction of sp³-hybridized carbons (Fsp3) is 0.455. The van der Waals surface area contributed by atoms with Gasteiger partial charge in [0, 0.05) is 19.2 Å². The minimum absolute atomic E-state index is 0.886. The highest BCUT2D eigenvalue weighted by atomic mass is 15.1. The molecule has 14 heavy (non-hydrogen) atoms. The van der Waals surface area contributed by atoms with Crippen LogP contribution in [0.2, 0.25) is 0 Å². The average Bonchev–Trinajstić information content (AvgIpc) is 2.45. The molecule has 1 aliphatic heterocycles. The van der Waals surface area contributed by atoms with Crippen molar-refractivity contribution in [1.29, 1.82) is 0 Å². The van der Waals surface area contributed by atoms with Gasteiger partial charge in [0.1, 0.15) is 0 Å². The summed E-state index contributed by atoms with van der Waals surface area (Å²) in [4.78, 5) is 8.68. The second-order valence-electron chi connectivity index (χ2n) is 2.99. The zero-order valence-electron chi connectivity index (χ0n) is 9.28. The summed E-state index contributed by atoms with van der Waals surface area (Å²) in [5, 5.41) is 0. The summed E-state index contributed by atoms with van der Waals surface area (Å²) in [6.07, 6.45) is 6.82. The van der Waals surface area contributed by atoms with Gasteiger partial charge in [0.05, 0.1) is 12.0 Å². The number of fused-ring (bicyclic) bond motifs is 1. The Hall–Kier alpha value is -1.38. The summed E-state index contributed by atoms with van der Waals surface area (Å²) >= 11 is 0. The topological polar surface area (TPSA) is 30.2 Å². The van der Waals surface area contributed by atoms with Crippen LogP contribution in [0.1, 0.15) is 26.5 Å². The van der Waals surface area contributed by atoms with E-state index in [0.29, 0.717) is 0 Å². The van der Waals surface area contributed by atoms with Gasteiger partial charge >= 0.3 is 0 Å². The third-order valence-electron chi connectivity index (χ3n) is 1.93. The second kappa shape index (κ2) is 4.74. The molecule has 0 aromatic carbocycles. The van der Waals surface area contributed by atoms with E-state index in [0.717, 1.165) is 23.6 Å². The number of allylic oxidation sites excluding steroid dienone is 2. The molecule has 0 unspecified atom stereocenters. The zero-order valence-corrected chi connectivity index (χ0v) is 9.28. The summed E-state index contributed by atoms with van der Waals surface area (Å²) in [7, 11) is 1.97. The number of imidazole rings is 1. The van der Waals surface area contributed by atoms with Crippen LogP contribution in [-0.2, 0) is 13.5 Å². The minimum Gasteiger partial charge on any atom is -0.319 e. The fourth-order valence-electron chi connectivity index (χ4n) is 1.31. The van der Waals surface area contributed by atoms with E-state index < -0.39 is 0 Å². The van der Waals surface area contributed by atoms with Crippen molar-refractivity contribution in [1.82, 2.24) is 9.55 Å². The van der Waals surface area contributed by atoms with Crippen LogP contribution in [0.4, 0.5) is 5.82 Å². The lowest BCUT2D eigenvalue weighted by molar-refractivity contribution is 0.911. The first-order valence-electron chi connectivity index (χ1n) is 4.99. The number of aryl methyl sites for hydroxylation is 1. The quantitative estimate of drug-likeness (QED) is 0.620. The van der Waals surface area contributed by atoms with Crippen molar-refractivity contribution in [3.63, 3.8) is 0 Å². The van der Waals surface area contributed by atoms with Gasteiger partial charge in [0.15, 0.2) is 5.82 Å². The van der Waals surface area contributed by atoms with E-state index in [1.165, 1.54) is 0 Å². The van der Waals surface area contributed by atoms with Crippen LogP contribution in [0.25, 0.3) is 0 Å². The minimum atomic E-state index is 0.886. The van der Waals surface area contributed by atoms with Crippen LogP contribution in [-0.4, -0.2) is 15.3 Å². The van der Waals surface area contributed by atoms with Gasteiger partial charge in [-0.25, -0.2) is 9.98 Å². The number of rotatable bonds is 0. The van der Waals surface area contributed by atoms with Crippen molar-refractivity contribution in [3.05, 3.63) is 24.2 Å². The zero-order chi connectivity index (χ0) is 10.6. The number of aliphatic imine (C=N–C) groups is 1. The van der Waals surface area contributed by atoms with E-state index >= 15 is 0 Å². The molecular weight excluding hydrogens is 174 g/mol. The molecule has 0 saturated carbocycles. The van der Waals surface area contributed by atoms with Crippen LogP contribution >= 0.6 is 0 Å². The fourth-order valence-corrected chi connectivity index (χ4v) is 1.31. The summed E-state index contributed by atoms with van der Waals surface area (Å²) in [6, 6.07) is 0. The van der Waals surface area contributed by atoms with E-state index in [4.69, 9.17) is 0 Å². The van der Waals surface area contributed by atoms with Crippen LogP contribution in [0.3, 0.4) is 0 Å². The van der Waals surface area contributed by atoms with Crippen molar-refractivity contribution >= 4 is 11.5 Å². The molecule has 1 aromatic rings. The first-order chi connectivity index (χ1) is 6.77. The molecule has 0 radical (unpaired) electrons. The highest BCUT2D eigenvalue weighted by molar-refractivity contribution is 5.95. The van der Waals surface area contributed by atoms with Gasteiger partial charge in [-0.05, 0) is 13.0 Å². The van der Waals surface area contributed by atoms with Crippen molar-refractivity contribution in [2.24, 2.45) is 12.0 Å². The molecule has 0 atom stereocenters. The molecule has 2 rings (SSSR count). The van der Waals surface area contributed by atoms with E-state index in [9.17, 15) is 0 Å². The summed E-state index contributed by atoms with van der Waals surface area (Å²) in [5.74, 6) is 0.984. The van der Waals surface area contributed by atoms with Crippen molar-refractivity contribution in [2.75, 3.05) is 0 Å². The first kappa shape index (κ1) is 10.7. The SMILES string of the molecule is CC.CC1=Nc2c(ncn2C)CC=C1. The molecule has 3 heteroatoms. The van der Waals surface area contributed by atoms with E-state index in [1.807, 2.05) is 38.5 Å². The number of aromatic nitrogens is 2. The maximum atomic E-state index is 4.43.